The van der Waals surface area contributed by atoms with Crippen LogP contribution in [0.15, 0.2) is 22.8 Å². The first kappa shape index (κ1) is 11.0. The van der Waals surface area contributed by atoms with Crippen molar-refractivity contribution in [3.63, 3.8) is 0 Å². The van der Waals surface area contributed by atoms with E-state index in [-0.39, 0.29) is 0 Å². The molecule has 1 saturated heterocycles. The molecule has 84 valence electrons. The second-order valence-corrected chi connectivity index (χ2v) is 5.03. The van der Waals surface area contributed by atoms with E-state index in [1.165, 1.54) is 0 Å². The van der Waals surface area contributed by atoms with E-state index in [1.807, 2.05) is 12.1 Å². The Morgan fingerprint density at radius 2 is 2.27 bits per heavy atom. The van der Waals surface area contributed by atoms with Crippen molar-refractivity contribution in [3.8, 4) is 0 Å². The van der Waals surface area contributed by atoms with Crippen LogP contribution in [0, 0.1) is 0 Å². The molecule has 0 unspecified atom stereocenters. The number of hydrogen-bond acceptors (Lipinski definition) is 4. The molecule has 0 amide bonds. The molecular weight excluding hydrogens is 210 g/mol. The number of furan rings is 1. The number of aliphatic hydroxyl groups is 1. The van der Waals surface area contributed by atoms with Crippen LogP contribution in [0.2, 0.25) is 0 Å². The zero-order chi connectivity index (χ0) is 10.6. The highest BCUT2D eigenvalue weighted by Crippen LogP contribution is 2.25. The molecule has 0 spiro atoms. The molecule has 0 aliphatic carbocycles. The predicted octanol–water partition coefficient (Wildman–Crippen LogP) is 1.63. The molecule has 0 aromatic carbocycles. The molecule has 1 aliphatic heterocycles. The van der Waals surface area contributed by atoms with E-state index in [1.54, 1.807) is 18.0 Å². The molecule has 0 saturated carbocycles. The molecule has 2 N–H and O–H groups in total. The van der Waals surface area contributed by atoms with Crippen molar-refractivity contribution in [2.24, 2.45) is 0 Å². The topological polar surface area (TPSA) is 45.4 Å². The standard InChI is InChI=1S/C11H17NO2S/c13-11(3-5-12-6-4-11)9-15-8-10-2-1-7-14-10/h1-2,7,12-13H,3-6,8-9H2. The first-order chi connectivity index (χ1) is 7.29. The van der Waals surface area contributed by atoms with E-state index in [2.05, 4.69) is 5.32 Å². The van der Waals surface area contributed by atoms with Gasteiger partial charge in [0.2, 0.25) is 0 Å². The summed E-state index contributed by atoms with van der Waals surface area (Å²) < 4.78 is 5.24. The first-order valence-electron chi connectivity index (χ1n) is 5.32. The highest BCUT2D eigenvalue weighted by molar-refractivity contribution is 7.98. The largest absolute Gasteiger partial charge is 0.468 e. The highest BCUT2D eigenvalue weighted by Gasteiger charge is 2.28. The van der Waals surface area contributed by atoms with Gasteiger partial charge >= 0.3 is 0 Å². The Hall–Kier alpha value is -0.450. The van der Waals surface area contributed by atoms with Crippen molar-refractivity contribution in [3.05, 3.63) is 24.2 Å². The SMILES string of the molecule is OC1(CSCc2ccco2)CCNCC1. The fraction of sp³-hybridized carbons (Fsp3) is 0.636. The van der Waals surface area contributed by atoms with E-state index >= 15 is 0 Å². The molecular formula is C11H17NO2S. The zero-order valence-corrected chi connectivity index (χ0v) is 9.55. The fourth-order valence-corrected chi connectivity index (χ4v) is 2.91. The van der Waals surface area contributed by atoms with Gasteiger partial charge in [-0.3, -0.25) is 0 Å². The summed E-state index contributed by atoms with van der Waals surface area (Å²) in [4.78, 5) is 0. The van der Waals surface area contributed by atoms with Gasteiger partial charge in [0.15, 0.2) is 0 Å². The van der Waals surface area contributed by atoms with E-state index < -0.39 is 5.60 Å². The van der Waals surface area contributed by atoms with E-state index in [0.717, 1.165) is 43.2 Å². The Morgan fingerprint density at radius 1 is 1.47 bits per heavy atom. The number of rotatable bonds is 4. The smallest absolute Gasteiger partial charge is 0.113 e. The van der Waals surface area contributed by atoms with Gasteiger partial charge < -0.3 is 14.8 Å². The summed E-state index contributed by atoms with van der Waals surface area (Å²) in [6.45, 7) is 1.86. The van der Waals surface area contributed by atoms with Gasteiger partial charge in [0.25, 0.3) is 0 Å². The van der Waals surface area contributed by atoms with Gasteiger partial charge in [0, 0.05) is 5.75 Å². The molecule has 1 aromatic rings. The van der Waals surface area contributed by atoms with Crippen LogP contribution >= 0.6 is 11.8 Å². The lowest BCUT2D eigenvalue weighted by Gasteiger charge is -2.32. The maximum atomic E-state index is 10.2. The average molecular weight is 227 g/mol. The third kappa shape index (κ3) is 3.26. The quantitative estimate of drug-likeness (QED) is 0.820. The third-order valence-corrected chi connectivity index (χ3v) is 3.96. The average Bonchev–Trinajstić information content (AvgIpc) is 2.71. The summed E-state index contributed by atoms with van der Waals surface area (Å²) >= 11 is 1.74. The molecule has 15 heavy (non-hydrogen) atoms. The van der Waals surface area contributed by atoms with Gasteiger partial charge in [0.1, 0.15) is 5.76 Å². The van der Waals surface area contributed by atoms with Crippen LogP contribution in [-0.2, 0) is 5.75 Å². The van der Waals surface area contributed by atoms with Crippen LogP contribution in [-0.4, -0.2) is 29.5 Å². The summed E-state index contributed by atoms with van der Waals surface area (Å²) in [6.07, 6.45) is 3.41. The molecule has 4 heteroatoms. The van der Waals surface area contributed by atoms with Crippen LogP contribution < -0.4 is 5.32 Å². The molecule has 3 nitrogen and oxygen atoms in total. The number of thioether (sulfide) groups is 1. The van der Waals surface area contributed by atoms with E-state index in [9.17, 15) is 5.11 Å². The third-order valence-electron chi connectivity index (χ3n) is 2.73. The lowest BCUT2D eigenvalue weighted by atomic mass is 9.95. The van der Waals surface area contributed by atoms with Gasteiger partial charge in [-0.15, -0.1) is 0 Å². The summed E-state index contributed by atoms with van der Waals surface area (Å²) in [7, 11) is 0. The molecule has 1 aromatic heterocycles. The molecule has 0 atom stereocenters. The molecule has 1 fully saturated rings. The van der Waals surface area contributed by atoms with Crippen LogP contribution in [0.1, 0.15) is 18.6 Å². The Balaban J connectivity index is 1.72. The molecule has 2 rings (SSSR count). The summed E-state index contributed by atoms with van der Waals surface area (Å²) in [5, 5.41) is 13.5. The Morgan fingerprint density at radius 3 is 2.93 bits per heavy atom. The van der Waals surface area contributed by atoms with Crippen LogP contribution in [0.25, 0.3) is 0 Å². The Kier molecular flexibility index (Phi) is 3.72. The highest BCUT2D eigenvalue weighted by atomic mass is 32.2. The van der Waals surface area contributed by atoms with Gasteiger partial charge in [-0.1, -0.05) is 0 Å². The predicted molar refractivity (Wildman–Crippen MR) is 61.9 cm³/mol. The summed E-state index contributed by atoms with van der Waals surface area (Å²) in [6, 6.07) is 3.87. The van der Waals surface area contributed by atoms with Gasteiger partial charge in [-0.25, -0.2) is 0 Å². The summed E-state index contributed by atoms with van der Waals surface area (Å²) in [5.74, 6) is 2.63. The van der Waals surface area contributed by atoms with Gasteiger partial charge in [0.05, 0.1) is 17.6 Å². The maximum absolute atomic E-state index is 10.2. The summed E-state index contributed by atoms with van der Waals surface area (Å²) in [5.41, 5.74) is -0.470. The van der Waals surface area contributed by atoms with Crippen molar-refractivity contribution in [2.45, 2.75) is 24.2 Å². The van der Waals surface area contributed by atoms with Crippen LogP contribution in [0.4, 0.5) is 0 Å². The Bertz CT molecular complexity index is 281. The van der Waals surface area contributed by atoms with Crippen molar-refractivity contribution in [1.82, 2.24) is 5.32 Å². The van der Waals surface area contributed by atoms with Gasteiger partial charge in [-0.2, -0.15) is 11.8 Å². The van der Waals surface area contributed by atoms with E-state index in [0.29, 0.717) is 0 Å². The van der Waals surface area contributed by atoms with E-state index in [4.69, 9.17) is 4.42 Å². The monoisotopic (exact) mass is 227 g/mol. The lowest BCUT2D eigenvalue weighted by molar-refractivity contribution is 0.0339. The normalized spacial score (nSPS) is 20.3. The van der Waals surface area contributed by atoms with Gasteiger partial charge in [-0.05, 0) is 38.1 Å². The maximum Gasteiger partial charge on any atom is 0.113 e. The number of nitrogens with one attached hydrogen (secondary N) is 1. The number of piperidine rings is 1. The second-order valence-electron chi connectivity index (χ2n) is 4.05. The molecule has 0 radical (unpaired) electrons. The molecule has 0 bridgehead atoms. The lowest BCUT2D eigenvalue weighted by Crippen LogP contribution is -2.43. The van der Waals surface area contributed by atoms with Crippen molar-refractivity contribution < 1.29 is 9.52 Å². The molecule has 2 heterocycles. The second kappa shape index (κ2) is 5.05. The number of hydrogen-bond donors (Lipinski definition) is 2. The minimum absolute atomic E-state index is 0.470. The Labute approximate surface area is 94.2 Å². The van der Waals surface area contributed by atoms with Crippen molar-refractivity contribution in [1.29, 1.82) is 0 Å². The van der Waals surface area contributed by atoms with Crippen molar-refractivity contribution >= 4 is 11.8 Å². The van der Waals surface area contributed by atoms with Crippen LogP contribution in [0.5, 0.6) is 0 Å². The minimum Gasteiger partial charge on any atom is -0.468 e. The van der Waals surface area contributed by atoms with Crippen molar-refractivity contribution in [2.75, 3.05) is 18.8 Å². The fourth-order valence-electron chi connectivity index (χ4n) is 1.77. The zero-order valence-electron chi connectivity index (χ0n) is 8.74. The first-order valence-corrected chi connectivity index (χ1v) is 6.47. The van der Waals surface area contributed by atoms with Crippen LogP contribution in [0.3, 0.4) is 0 Å². The minimum atomic E-state index is -0.470. The molecule has 1 aliphatic rings.